The minimum atomic E-state index is -0.501. The highest BCUT2D eigenvalue weighted by Gasteiger charge is 2.19. The van der Waals surface area contributed by atoms with E-state index in [1.54, 1.807) is 0 Å². The van der Waals surface area contributed by atoms with Crippen molar-refractivity contribution in [2.45, 2.75) is 76.7 Å². The van der Waals surface area contributed by atoms with Crippen LogP contribution in [0.25, 0.3) is 0 Å². The maximum absolute atomic E-state index is 11.4. The lowest BCUT2D eigenvalue weighted by molar-refractivity contribution is -0.502. The number of nitrogens with zero attached hydrogens (tertiary/aromatic N) is 1. The van der Waals surface area contributed by atoms with Gasteiger partial charge in [-0.15, -0.1) is 0 Å². The average molecular weight is 287 g/mol. The topological polar surface area (TPSA) is 76.1 Å². The second-order valence-electron chi connectivity index (χ2n) is 5.19. The second-order valence-corrected chi connectivity index (χ2v) is 5.19. The van der Waals surface area contributed by atoms with Crippen molar-refractivity contribution in [3.63, 3.8) is 0 Å². The van der Waals surface area contributed by atoms with Gasteiger partial charge in [-0.1, -0.05) is 32.1 Å². The standard InChI is InChI=1S/C14H25NO5/c16-12-8-3-1-2-7-11-14(17)20-15(18)19-13-9-5-4-6-10-13/h12-13,18H,1-11H2. The summed E-state index contributed by atoms with van der Waals surface area (Å²) in [6.07, 6.45) is 10.1. The highest BCUT2D eigenvalue weighted by atomic mass is 17.1. The van der Waals surface area contributed by atoms with Crippen LogP contribution in [0.5, 0.6) is 0 Å². The Labute approximate surface area is 119 Å². The van der Waals surface area contributed by atoms with Gasteiger partial charge < -0.3 is 9.63 Å². The summed E-state index contributed by atoms with van der Waals surface area (Å²) in [5, 5.41) is 9.59. The predicted molar refractivity (Wildman–Crippen MR) is 71.4 cm³/mol. The van der Waals surface area contributed by atoms with Crippen LogP contribution in [0.3, 0.4) is 0 Å². The van der Waals surface area contributed by atoms with Crippen LogP contribution in [-0.4, -0.2) is 29.0 Å². The van der Waals surface area contributed by atoms with E-state index < -0.39 is 5.97 Å². The van der Waals surface area contributed by atoms with Crippen LogP contribution in [0.15, 0.2) is 0 Å². The number of hydrogen-bond donors (Lipinski definition) is 1. The maximum Gasteiger partial charge on any atom is 0.330 e. The van der Waals surface area contributed by atoms with Crippen molar-refractivity contribution in [3.05, 3.63) is 0 Å². The third kappa shape index (κ3) is 8.24. The summed E-state index contributed by atoms with van der Waals surface area (Å²) >= 11 is 0. The van der Waals surface area contributed by atoms with Gasteiger partial charge in [-0.05, 0) is 25.7 Å². The molecule has 6 nitrogen and oxygen atoms in total. The molecular formula is C14H25NO5. The quantitative estimate of drug-likeness (QED) is 0.378. The molecule has 1 aliphatic carbocycles. The summed E-state index contributed by atoms with van der Waals surface area (Å²) < 4.78 is 0. The molecule has 0 radical (unpaired) electrons. The number of carbonyl (C=O) groups excluding carboxylic acids is 2. The Kier molecular flexibility index (Phi) is 9.19. The van der Waals surface area contributed by atoms with Crippen LogP contribution in [0.1, 0.15) is 70.6 Å². The van der Waals surface area contributed by atoms with Crippen molar-refractivity contribution < 1.29 is 24.5 Å². The van der Waals surface area contributed by atoms with Gasteiger partial charge in [0.25, 0.3) is 0 Å². The van der Waals surface area contributed by atoms with E-state index in [2.05, 4.69) is 4.84 Å². The van der Waals surface area contributed by atoms with Crippen LogP contribution in [0.2, 0.25) is 0 Å². The Balaban J connectivity index is 2.01. The van der Waals surface area contributed by atoms with Gasteiger partial charge in [0, 0.05) is 12.8 Å². The van der Waals surface area contributed by atoms with E-state index in [9.17, 15) is 14.8 Å². The molecule has 6 heteroatoms. The van der Waals surface area contributed by atoms with E-state index in [1.807, 2.05) is 0 Å². The SMILES string of the molecule is O=CCCCCCCC(=O)ON(O)OC1CCCCC1. The average Bonchev–Trinajstić information content (AvgIpc) is 2.43. The van der Waals surface area contributed by atoms with Gasteiger partial charge in [0.2, 0.25) is 0 Å². The van der Waals surface area contributed by atoms with Gasteiger partial charge >= 0.3 is 5.97 Å². The molecule has 0 amide bonds. The van der Waals surface area contributed by atoms with E-state index in [0.29, 0.717) is 12.8 Å². The van der Waals surface area contributed by atoms with Gasteiger partial charge in [-0.25, -0.2) is 4.84 Å². The molecule has 1 fully saturated rings. The molecule has 0 saturated heterocycles. The molecule has 0 spiro atoms. The highest BCUT2D eigenvalue weighted by Crippen LogP contribution is 2.21. The largest absolute Gasteiger partial charge is 0.330 e. The fourth-order valence-electron chi connectivity index (χ4n) is 2.30. The molecule has 20 heavy (non-hydrogen) atoms. The summed E-state index contributed by atoms with van der Waals surface area (Å²) in [7, 11) is 0. The number of aldehydes is 1. The van der Waals surface area contributed by atoms with Crippen LogP contribution in [0, 0.1) is 0 Å². The van der Waals surface area contributed by atoms with Crippen LogP contribution in [-0.2, 0) is 19.3 Å². The van der Waals surface area contributed by atoms with Crippen molar-refractivity contribution in [3.8, 4) is 0 Å². The molecule has 116 valence electrons. The molecule has 1 N–H and O–H groups in total. The molecular weight excluding hydrogens is 262 g/mol. The zero-order valence-corrected chi connectivity index (χ0v) is 12.0. The molecule has 0 aromatic rings. The minimum absolute atomic E-state index is 0.0649. The third-order valence-electron chi connectivity index (χ3n) is 3.42. The summed E-state index contributed by atoms with van der Waals surface area (Å²) in [4.78, 5) is 31.3. The Morgan fingerprint density at radius 1 is 1.15 bits per heavy atom. The number of carbonyl (C=O) groups is 2. The van der Waals surface area contributed by atoms with Crippen LogP contribution < -0.4 is 0 Å². The zero-order valence-electron chi connectivity index (χ0n) is 12.0. The van der Waals surface area contributed by atoms with E-state index in [-0.39, 0.29) is 17.9 Å². The van der Waals surface area contributed by atoms with Gasteiger partial charge in [0.15, 0.2) is 0 Å². The Morgan fingerprint density at radius 2 is 1.85 bits per heavy atom. The number of unbranched alkanes of at least 4 members (excludes halogenated alkanes) is 4. The van der Waals surface area contributed by atoms with E-state index >= 15 is 0 Å². The molecule has 0 bridgehead atoms. The smallest absolute Gasteiger partial charge is 0.318 e. The number of hydrogen-bond acceptors (Lipinski definition) is 6. The Bertz CT molecular complexity index is 279. The van der Waals surface area contributed by atoms with Gasteiger partial charge in [0.1, 0.15) is 11.7 Å². The first kappa shape index (κ1) is 17.1. The first-order valence-electron chi connectivity index (χ1n) is 7.52. The molecule has 1 aliphatic rings. The minimum Gasteiger partial charge on any atom is -0.318 e. The van der Waals surface area contributed by atoms with Crippen molar-refractivity contribution in [1.82, 2.24) is 5.39 Å². The predicted octanol–water partition coefficient (Wildman–Crippen LogP) is 2.94. The second kappa shape index (κ2) is 10.8. The van der Waals surface area contributed by atoms with Crippen LogP contribution >= 0.6 is 0 Å². The monoisotopic (exact) mass is 287 g/mol. The van der Waals surface area contributed by atoms with Crippen molar-refractivity contribution in [2.24, 2.45) is 0 Å². The Morgan fingerprint density at radius 3 is 2.55 bits per heavy atom. The molecule has 0 aromatic heterocycles. The van der Waals surface area contributed by atoms with Gasteiger partial charge in [0.05, 0.1) is 6.10 Å². The molecule has 1 saturated carbocycles. The summed E-state index contributed by atoms with van der Waals surface area (Å²) in [5.41, 5.74) is 0. The van der Waals surface area contributed by atoms with Crippen molar-refractivity contribution in [1.29, 1.82) is 0 Å². The van der Waals surface area contributed by atoms with E-state index in [0.717, 1.165) is 51.2 Å². The molecule has 0 aromatic carbocycles. The third-order valence-corrected chi connectivity index (χ3v) is 3.42. The lowest BCUT2D eigenvalue weighted by Gasteiger charge is -2.23. The first-order valence-corrected chi connectivity index (χ1v) is 7.52. The number of rotatable bonds is 10. The maximum atomic E-state index is 11.4. The summed E-state index contributed by atoms with van der Waals surface area (Å²) in [5.74, 6) is -0.501. The highest BCUT2D eigenvalue weighted by molar-refractivity contribution is 5.68. The zero-order chi connectivity index (χ0) is 14.6. The summed E-state index contributed by atoms with van der Waals surface area (Å²) in [6, 6.07) is 0. The van der Waals surface area contributed by atoms with E-state index in [1.165, 1.54) is 6.42 Å². The molecule has 1 rings (SSSR count). The Hall–Kier alpha value is -0.980. The van der Waals surface area contributed by atoms with Gasteiger partial charge in [-0.3, -0.25) is 10.0 Å². The van der Waals surface area contributed by atoms with Crippen molar-refractivity contribution >= 4 is 12.3 Å². The van der Waals surface area contributed by atoms with Crippen molar-refractivity contribution in [2.75, 3.05) is 0 Å². The fourth-order valence-corrected chi connectivity index (χ4v) is 2.30. The summed E-state index contributed by atoms with van der Waals surface area (Å²) in [6.45, 7) is 0. The normalized spacial score (nSPS) is 16.3. The van der Waals surface area contributed by atoms with Crippen LogP contribution in [0.4, 0.5) is 0 Å². The first-order chi connectivity index (χ1) is 9.72. The molecule has 0 atom stereocenters. The fraction of sp³-hybridized carbons (Fsp3) is 0.857. The molecule has 0 heterocycles. The van der Waals surface area contributed by atoms with E-state index in [4.69, 9.17) is 4.84 Å². The lowest BCUT2D eigenvalue weighted by atomic mass is 9.98. The lowest BCUT2D eigenvalue weighted by Crippen LogP contribution is -2.30. The van der Waals surface area contributed by atoms with Gasteiger partial charge in [-0.2, -0.15) is 0 Å². The molecule has 0 unspecified atom stereocenters. The molecule has 0 aliphatic heterocycles.